The minimum Gasteiger partial charge on any atom is -0.481 e. The number of rotatable bonds is 11. The number of fused-ring (bicyclic) bond motifs is 1. The predicted molar refractivity (Wildman–Crippen MR) is 166 cm³/mol. The van der Waals surface area contributed by atoms with E-state index in [2.05, 4.69) is 10.3 Å². The van der Waals surface area contributed by atoms with Gasteiger partial charge in [0.25, 0.3) is 5.91 Å². The number of benzene rings is 2. The summed E-state index contributed by atoms with van der Waals surface area (Å²) in [5, 5.41) is 2.50. The third-order valence-electron chi connectivity index (χ3n) is 7.26. The van der Waals surface area contributed by atoms with E-state index in [-0.39, 0.29) is 35.9 Å². The van der Waals surface area contributed by atoms with Gasteiger partial charge in [0.1, 0.15) is 12.4 Å². The highest BCUT2D eigenvalue weighted by atomic mass is 32.2. The summed E-state index contributed by atoms with van der Waals surface area (Å²) in [6.45, 7) is 1.47. The van der Waals surface area contributed by atoms with Crippen LogP contribution in [0.25, 0.3) is 5.65 Å². The third-order valence-corrected chi connectivity index (χ3v) is 8.46. The smallest absolute Gasteiger partial charge is 0.301 e. The number of ketones is 1. The number of nitrogens with one attached hydrogen (secondary N) is 1. The standard InChI is InChI=1S/C31H32FN5O7S/c1-35(45(2,41)42)26-17-24(36-12-14-43-15-13-36)19-37-29(26)34-27(28(31(37)40)44-20-22-6-4-3-5-7-22)30(39)33-18-25(38)16-21-8-10-23(32)11-9-21/h3-11,17,19H,12-16,18,20H2,1-2H3,(H,33,39). The number of anilines is 2. The highest BCUT2D eigenvalue weighted by Gasteiger charge is 2.27. The molecule has 1 aliphatic rings. The van der Waals surface area contributed by atoms with Crippen LogP contribution < -0.4 is 24.8 Å². The van der Waals surface area contributed by atoms with Gasteiger partial charge >= 0.3 is 5.56 Å². The lowest BCUT2D eigenvalue weighted by molar-refractivity contribution is -0.117. The van der Waals surface area contributed by atoms with Crippen LogP contribution in [0.1, 0.15) is 21.6 Å². The Hall–Kier alpha value is -4.82. The zero-order valence-electron chi connectivity index (χ0n) is 24.7. The molecular formula is C31H32FN5O7S. The monoisotopic (exact) mass is 637 g/mol. The number of hydrogen-bond acceptors (Lipinski definition) is 9. The zero-order valence-corrected chi connectivity index (χ0v) is 25.5. The molecule has 3 heterocycles. The van der Waals surface area contributed by atoms with Gasteiger partial charge < -0.3 is 19.7 Å². The fourth-order valence-electron chi connectivity index (χ4n) is 4.77. The number of Topliss-reactive ketones (excluding diaryl/α,β-unsaturated/α-hetero) is 1. The van der Waals surface area contributed by atoms with Crippen LogP contribution in [0.2, 0.25) is 0 Å². The molecular weight excluding hydrogens is 605 g/mol. The van der Waals surface area contributed by atoms with Gasteiger partial charge in [0.2, 0.25) is 15.8 Å². The summed E-state index contributed by atoms with van der Waals surface area (Å²) < 4.78 is 52.1. The Labute approximate surface area is 259 Å². The lowest BCUT2D eigenvalue weighted by Crippen LogP contribution is -2.37. The van der Waals surface area contributed by atoms with Gasteiger partial charge in [0, 0.05) is 32.8 Å². The van der Waals surface area contributed by atoms with Crippen LogP contribution in [0.15, 0.2) is 71.7 Å². The second-order valence-corrected chi connectivity index (χ2v) is 12.5. The van der Waals surface area contributed by atoms with E-state index in [1.54, 1.807) is 30.3 Å². The molecule has 5 rings (SSSR count). The highest BCUT2D eigenvalue weighted by molar-refractivity contribution is 7.92. The summed E-state index contributed by atoms with van der Waals surface area (Å²) >= 11 is 0. The fraction of sp³-hybridized carbons (Fsp3) is 0.290. The maximum absolute atomic E-state index is 14.1. The Morgan fingerprint density at radius 1 is 1.07 bits per heavy atom. The van der Waals surface area contributed by atoms with Gasteiger partial charge in [-0.05, 0) is 29.3 Å². The van der Waals surface area contributed by atoms with Gasteiger partial charge in [-0.15, -0.1) is 0 Å². The van der Waals surface area contributed by atoms with Crippen LogP contribution in [0.5, 0.6) is 5.75 Å². The van der Waals surface area contributed by atoms with Crippen LogP contribution >= 0.6 is 0 Å². The summed E-state index contributed by atoms with van der Waals surface area (Å²) in [6, 6.07) is 16.0. The van der Waals surface area contributed by atoms with Crippen molar-refractivity contribution in [3.8, 4) is 5.75 Å². The molecule has 0 bridgehead atoms. The molecule has 1 fully saturated rings. The van der Waals surface area contributed by atoms with E-state index in [9.17, 15) is 27.2 Å². The molecule has 0 aliphatic carbocycles. The first-order valence-electron chi connectivity index (χ1n) is 14.1. The number of nitrogens with zero attached hydrogens (tertiary/aromatic N) is 4. The van der Waals surface area contributed by atoms with Crippen LogP contribution in [-0.2, 0) is 32.6 Å². The van der Waals surface area contributed by atoms with Crippen molar-refractivity contribution in [1.82, 2.24) is 14.7 Å². The van der Waals surface area contributed by atoms with Crippen LogP contribution in [0.4, 0.5) is 15.8 Å². The summed E-state index contributed by atoms with van der Waals surface area (Å²) in [6.07, 6.45) is 2.49. The molecule has 0 radical (unpaired) electrons. The number of carbonyl (C=O) groups excluding carboxylic acids is 2. The molecule has 14 heteroatoms. The quantitative estimate of drug-likeness (QED) is 0.262. The zero-order chi connectivity index (χ0) is 32.1. The summed E-state index contributed by atoms with van der Waals surface area (Å²) in [4.78, 5) is 46.6. The van der Waals surface area contributed by atoms with E-state index in [1.807, 2.05) is 11.0 Å². The van der Waals surface area contributed by atoms with Gasteiger partial charge in [-0.2, -0.15) is 0 Å². The van der Waals surface area contributed by atoms with Crippen molar-refractivity contribution in [3.05, 3.63) is 99.9 Å². The second kappa shape index (κ2) is 13.4. The molecule has 45 heavy (non-hydrogen) atoms. The molecule has 0 spiro atoms. The minimum absolute atomic E-state index is 0.0562. The first-order valence-corrected chi connectivity index (χ1v) is 15.9. The average Bonchev–Trinajstić information content (AvgIpc) is 3.04. The van der Waals surface area contributed by atoms with E-state index in [1.165, 1.54) is 41.9 Å². The molecule has 236 valence electrons. The van der Waals surface area contributed by atoms with Crippen molar-refractivity contribution in [2.24, 2.45) is 0 Å². The number of carbonyl (C=O) groups is 2. The molecule has 2 aromatic carbocycles. The maximum atomic E-state index is 14.1. The van der Waals surface area contributed by atoms with Crippen LogP contribution in [-0.4, -0.2) is 75.6 Å². The molecule has 0 saturated carbocycles. The number of halogens is 1. The molecule has 1 amide bonds. The molecule has 1 aliphatic heterocycles. The predicted octanol–water partition coefficient (Wildman–Crippen LogP) is 2.19. The number of pyridine rings is 1. The van der Waals surface area contributed by atoms with Gasteiger partial charge in [0.05, 0.1) is 37.4 Å². The Morgan fingerprint density at radius 3 is 2.42 bits per heavy atom. The topological polar surface area (TPSA) is 140 Å². The van der Waals surface area contributed by atoms with Crippen molar-refractivity contribution < 1.29 is 31.9 Å². The number of hydrogen-bond donors (Lipinski definition) is 1. The van der Waals surface area contributed by atoms with Crippen molar-refractivity contribution >= 4 is 38.7 Å². The van der Waals surface area contributed by atoms with Gasteiger partial charge in [-0.25, -0.2) is 17.8 Å². The highest BCUT2D eigenvalue weighted by Crippen LogP contribution is 2.29. The minimum atomic E-state index is -3.82. The summed E-state index contributed by atoms with van der Waals surface area (Å²) in [5.41, 5.74) is 0.661. The Balaban J connectivity index is 1.56. The van der Waals surface area contributed by atoms with Gasteiger partial charge in [-0.3, -0.25) is 23.1 Å². The summed E-state index contributed by atoms with van der Waals surface area (Å²) in [5.74, 6) is -2.04. The first-order chi connectivity index (χ1) is 21.5. The molecule has 1 saturated heterocycles. The molecule has 0 atom stereocenters. The van der Waals surface area contributed by atoms with Crippen molar-refractivity contribution in [3.63, 3.8) is 0 Å². The molecule has 4 aromatic rings. The molecule has 0 unspecified atom stereocenters. The number of sulfonamides is 1. The Bertz CT molecular complexity index is 1880. The van der Waals surface area contributed by atoms with Crippen molar-refractivity contribution in [2.45, 2.75) is 13.0 Å². The van der Waals surface area contributed by atoms with E-state index in [4.69, 9.17) is 9.47 Å². The van der Waals surface area contributed by atoms with E-state index in [0.717, 1.165) is 16.1 Å². The van der Waals surface area contributed by atoms with E-state index >= 15 is 0 Å². The fourth-order valence-corrected chi connectivity index (χ4v) is 5.26. The van der Waals surface area contributed by atoms with Crippen LogP contribution in [0, 0.1) is 5.82 Å². The van der Waals surface area contributed by atoms with Gasteiger partial charge in [0.15, 0.2) is 17.1 Å². The number of amides is 1. The Morgan fingerprint density at radius 2 is 1.76 bits per heavy atom. The third kappa shape index (κ3) is 7.46. The first kappa shape index (κ1) is 31.6. The maximum Gasteiger partial charge on any atom is 0.301 e. The van der Waals surface area contributed by atoms with Crippen molar-refractivity contribution in [2.75, 3.05) is 55.4 Å². The largest absolute Gasteiger partial charge is 0.481 e. The lowest BCUT2D eigenvalue weighted by Gasteiger charge is -2.30. The average molecular weight is 638 g/mol. The number of ether oxygens (including phenoxy) is 2. The van der Waals surface area contributed by atoms with Crippen molar-refractivity contribution in [1.29, 1.82) is 0 Å². The van der Waals surface area contributed by atoms with E-state index in [0.29, 0.717) is 37.6 Å². The normalized spacial score (nSPS) is 13.4. The lowest BCUT2D eigenvalue weighted by atomic mass is 10.1. The second-order valence-electron chi connectivity index (χ2n) is 10.5. The number of aromatic nitrogens is 2. The van der Waals surface area contributed by atoms with E-state index < -0.39 is 39.5 Å². The molecule has 1 N–H and O–H groups in total. The number of morpholine rings is 1. The van der Waals surface area contributed by atoms with Gasteiger partial charge in [-0.1, -0.05) is 42.5 Å². The SMILES string of the molecule is CN(c1cc(N2CCOCC2)cn2c(=O)c(OCc3ccccc3)c(C(=O)NCC(=O)Cc3ccc(F)cc3)nc12)S(C)(=O)=O. The molecule has 12 nitrogen and oxygen atoms in total. The Kier molecular flexibility index (Phi) is 9.44. The van der Waals surface area contributed by atoms with Crippen LogP contribution in [0.3, 0.4) is 0 Å². The molecule has 2 aromatic heterocycles. The summed E-state index contributed by atoms with van der Waals surface area (Å²) in [7, 11) is -2.49.